The number of likely N-dealkylation sites (tertiary alicyclic amines) is 1. The molecular formula is C15H17F2N3O3S. The molecule has 0 saturated carbocycles. The van der Waals surface area contributed by atoms with Gasteiger partial charge in [-0.15, -0.1) is 0 Å². The van der Waals surface area contributed by atoms with Gasteiger partial charge < -0.3 is 4.90 Å². The number of nitrogens with one attached hydrogen (secondary N) is 1. The highest BCUT2D eigenvalue weighted by molar-refractivity contribution is 7.89. The second kappa shape index (κ2) is 7.68. The van der Waals surface area contributed by atoms with Crippen LogP contribution in [0.25, 0.3) is 0 Å². The van der Waals surface area contributed by atoms with E-state index in [4.69, 9.17) is 5.26 Å². The van der Waals surface area contributed by atoms with E-state index in [9.17, 15) is 22.0 Å². The summed E-state index contributed by atoms with van der Waals surface area (Å²) in [5, 5.41) is 8.81. The summed E-state index contributed by atoms with van der Waals surface area (Å²) in [6, 6.07) is 4.44. The van der Waals surface area contributed by atoms with E-state index in [2.05, 4.69) is 10.8 Å². The Balaban J connectivity index is 1.85. The van der Waals surface area contributed by atoms with Crippen LogP contribution < -0.4 is 4.72 Å². The monoisotopic (exact) mass is 357 g/mol. The summed E-state index contributed by atoms with van der Waals surface area (Å²) in [5.41, 5.74) is 0. The van der Waals surface area contributed by atoms with Crippen molar-refractivity contribution < 1.29 is 22.0 Å². The summed E-state index contributed by atoms with van der Waals surface area (Å²) in [6.45, 7) is 0.818. The summed E-state index contributed by atoms with van der Waals surface area (Å²) >= 11 is 0. The van der Waals surface area contributed by atoms with Crippen molar-refractivity contribution in [2.45, 2.75) is 24.2 Å². The van der Waals surface area contributed by atoms with Gasteiger partial charge in [0.2, 0.25) is 15.9 Å². The Bertz CT molecular complexity index is 754. The zero-order valence-electron chi connectivity index (χ0n) is 12.8. The third-order valence-electron chi connectivity index (χ3n) is 3.86. The fourth-order valence-corrected chi connectivity index (χ4v) is 3.48. The average Bonchev–Trinajstić information content (AvgIpc) is 2.57. The predicted molar refractivity (Wildman–Crippen MR) is 81.1 cm³/mol. The second-order valence-electron chi connectivity index (χ2n) is 5.51. The average molecular weight is 357 g/mol. The third kappa shape index (κ3) is 4.49. The highest BCUT2D eigenvalue weighted by Crippen LogP contribution is 2.17. The molecule has 1 aromatic rings. The van der Waals surface area contributed by atoms with E-state index in [1.54, 1.807) is 4.90 Å². The minimum absolute atomic E-state index is 0.0408. The molecule has 0 radical (unpaired) electrons. The minimum atomic E-state index is -4.01. The molecule has 0 unspecified atom stereocenters. The number of rotatable bonds is 5. The van der Waals surface area contributed by atoms with E-state index in [1.165, 1.54) is 0 Å². The summed E-state index contributed by atoms with van der Waals surface area (Å²) in [5.74, 6) is -2.64. The quantitative estimate of drug-likeness (QED) is 0.862. The Hall–Kier alpha value is -2.05. The number of hydrogen-bond acceptors (Lipinski definition) is 4. The lowest BCUT2D eigenvalue weighted by atomic mass is 9.98. The topological polar surface area (TPSA) is 90.3 Å². The molecule has 0 atom stereocenters. The first-order valence-electron chi connectivity index (χ1n) is 7.45. The lowest BCUT2D eigenvalue weighted by Crippen LogP contribution is -2.39. The van der Waals surface area contributed by atoms with Crippen molar-refractivity contribution >= 4 is 15.9 Å². The number of sulfonamides is 1. The van der Waals surface area contributed by atoms with Crippen molar-refractivity contribution in [2.24, 2.45) is 5.92 Å². The molecule has 130 valence electrons. The van der Waals surface area contributed by atoms with Crippen molar-refractivity contribution in [3.8, 4) is 6.07 Å². The minimum Gasteiger partial charge on any atom is -0.343 e. The van der Waals surface area contributed by atoms with Crippen LogP contribution in [0.3, 0.4) is 0 Å². The van der Waals surface area contributed by atoms with Crippen LogP contribution in [0.4, 0.5) is 8.78 Å². The Kier molecular flexibility index (Phi) is 5.85. The van der Waals surface area contributed by atoms with Crippen LogP contribution in [0.5, 0.6) is 0 Å². The summed E-state index contributed by atoms with van der Waals surface area (Å²) in [4.78, 5) is 13.2. The number of hydrogen-bond donors (Lipinski definition) is 1. The number of carbonyl (C=O) groups excluding carboxylic acids is 1. The van der Waals surface area contributed by atoms with Gasteiger partial charge in [0.25, 0.3) is 0 Å². The fourth-order valence-electron chi connectivity index (χ4n) is 2.44. The van der Waals surface area contributed by atoms with Gasteiger partial charge in [0.15, 0.2) is 11.6 Å². The molecule has 2 rings (SSSR count). The zero-order chi connectivity index (χ0) is 17.7. The maximum atomic E-state index is 13.1. The highest BCUT2D eigenvalue weighted by Gasteiger charge is 2.23. The molecule has 1 saturated heterocycles. The number of nitrogens with zero attached hydrogens (tertiary/aromatic N) is 2. The lowest BCUT2D eigenvalue weighted by Gasteiger charge is -2.29. The molecule has 1 fully saturated rings. The SMILES string of the molecule is N#CC1CCN(C(=O)CCNS(=O)(=O)c2ccc(F)c(F)c2)CC1. The van der Waals surface area contributed by atoms with Gasteiger partial charge in [0.05, 0.1) is 11.0 Å². The molecule has 0 aliphatic carbocycles. The van der Waals surface area contributed by atoms with Crippen molar-refractivity contribution in [3.05, 3.63) is 29.8 Å². The summed E-state index contributed by atoms with van der Waals surface area (Å²) < 4.78 is 52.1. The number of amides is 1. The van der Waals surface area contributed by atoms with E-state index in [0.717, 1.165) is 12.1 Å². The molecule has 6 nitrogen and oxygen atoms in total. The predicted octanol–water partition coefficient (Wildman–Crippen LogP) is 1.40. The Morgan fingerprint density at radius 2 is 1.96 bits per heavy atom. The van der Waals surface area contributed by atoms with E-state index >= 15 is 0 Å². The molecule has 1 aliphatic rings. The van der Waals surface area contributed by atoms with E-state index in [-0.39, 0.29) is 24.8 Å². The fraction of sp³-hybridized carbons (Fsp3) is 0.467. The number of nitriles is 1. The van der Waals surface area contributed by atoms with Crippen molar-refractivity contribution in [1.82, 2.24) is 9.62 Å². The molecule has 0 bridgehead atoms. The number of piperidine rings is 1. The van der Waals surface area contributed by atoms with Gasteiger partial charge in [-0.2, -0.15) is 5.26 Å². The lowest BCUT2D eigenvalue weighted by molar-refractivity contribution is -0.132. The molecule has 24 heavy (non-hydrogen) atoms. The zero-order valence-corrected chi connectivity index (χ0v) is 13.7. The van der Waals surface area contributed by atoms with Crippen LogP contribution in [0.15, 0.2) is 23.1 Å². The number of benzene rings is 1. The van der Waals surface area contributed by atoms with E-state index in [1.807, 2.05) is 0 Å². The standard InChI is InChI=1S/C15H17F2N3O3S/c16-13-2-1-12(9-14(13)17)24(22,23)19-6-3-15(21)20-7-4-11(10-18)5-8-20/h1-2,9,11,19H,3-8H2. The van der Waals surface area contributed by atoms with Gasteiger partial charge in [-0.05, 0) is 31.0 Å². The molecule has 1 heterocycles. The molecule has 1 amide bonds. The van der Waals surface area contributed by atoms with Crippen molar-refractivity contribution in [1.29, 1.82) is 5.26 Å². The Morgan fingerprint density at radius 1 is 1.29 bits per heavy atom. The van der Waals surface area contributed by atoms with E-state index < -0.39 is 26.6 Å². The molecule has 0 aromatic heterocycles. The molecule has 0 spiro atoms. The van der Waals surface area contributed by atoms with Crippen LogP contribution in [0.1, 0.15) is 19.3 Å². The third-order valence-corrected chi connectivity index (χ3v) is 5.32. The molecular weight excluding hydrogens is 340 g/mol. The van der Waals surface area contributed by atoms with E-state index in [0.29, 0.717) is 32.0 Å². The maximum absolute atomic E-state index is 13.1. The van der Waals surface area contributed by atoms with Crippen LogP contribution in [-0.4, -0.2) is 38.9 Å². The van der Waals surface area contributed by atoms with Gasteiger partial charge in [0.1, 0.15) is 0 Å². The normalized spacial score (nSPS) is 16.0. The van der Waals surface area contributed by atoms with Gasteiger partial charge in [-0.3, -0.25) is 4.79 Å². The van der Waals surface area contributed by atoms with Gasteiger partial charge >= 0.3 is 0 Å². The van der Waals surface area contributed by atoms with Gasteiger partial charge in [-0.1, -0.05) is 0 Å². The van der Waals surface area contributed by atoms with Crippen molar-refractivity contribution in [2.75, 3.05) is 19.6 Å². The van der Waals surface area contributed by atoms with Crippen LogP contribution in [0.2, 0.25) is 0 Å². The first-order valence-corrected chi connectivity index (χ1v) is 8.94. The second-order valence-corrected chi connectivity index (χ2v) is 7.27. The van der Waals surface area contributed by atoms with Gasteiger partial charge in [-0.25, -0.2) is 21.9 Å². The summed E-state index contributed by atoms with van der Waals surface area (Å²) in [6.07, 6.45) is 1.19. The molecule has 9 heteroatoms. The van der Waals surface area contributed by atoms with Gasteiger partial charge in [0, 0.05) is 32.0 Å². The first kappa shape index (κ1) is 18.3. The van der Waals surface area contributed by atoms with Crippen LogP contribution >= 0.6 is 0 Å². The smallest absolute Gasteiger partial charge is 0.240 e. The van der Waals surface area contributed by atoms with Crippen LogP contribution in [-0.2, 0) is 14.8 Å². The Labute approximate surface area is 139 Å². The highest BCUT2D eigenvalue weighted by atomic mass is 32.2. The first-order chi connectivity index (χ1) is 11.3. The van der Waals surface area contributed by atoms with Crippen LogP contribution in [0, 0.1) is 28.9 Å². The maximum Gasteiger partial charge on any atom is 0.240 e. The molecule has 1 N–H and O–H groups in total. The molecule has 1 aromatic carbocycles. The Morgan fingerprint density at radius 3 is 2.54 bits per heavy atom. The summed E-state index contributed by atoms with van der Waals surface area (Å²) in [7, 11) is -4.01. The number of halogens is 2. The van der Waals surface area contributed by atoms with Crippen molar-refractivity contribution in [3.63, 3.8) is 0 Å². The largest absolute Gasteiger partial charge is 0.343 e. The number of carbonyl (C=O) groups is 1. The molecule has 1 aliphatic heterocycles.